The van der Waals surface area contributed by atoms with Gasteiger partial charge in [-0.2, -0.15) is 4.37 Å². The van der Waals surface area contributed by atoms with E-state index in [4.69, 9.17) is 9.47 Å². The number of benzene rings is 2. The average molecular weight is 485 g/mol. The highest BCUT2D eigenvalue weighted by Gasteiger charge is 2.33. The largest absolute Gasteiger partial charge is 0.497 e. The zero-order chi connectivity index (χ0) is 23.5. The van der Waals surface area contributed by atoms with Gasteiger partial charge in [-0.15, -0.1) is 0 Å². The molecule has 3 rings (SSSR count). The Bertz CT molecular complexity index is 1240. The van der Waals surface area contributed by atoms with E-state index in [1.54, 1.807) is 18.2 Å². The van der Waals surface area contributed by atoms with Crippen LogP contribution in [0.5, 0.6) is 11.5 Å². The summed E-state index contributed by atoms with van der Waals surface area (Å²) in [7, 11) is -0.836. The minimum Gasteiger partial charge on any atom is -0.497 e. The molecule has 0 saturated carbocycles. The molecule has 13 heteroatoms. The van der Waals surface area contributed by atoms with E-state index in [1.807, 2.05) is 0 Å². The molecule has 0 bridgehead atoms. The SMILES string of the molecule is COC(=O)c1cc(F)c(S(=O)(=O)N(Cc2ccc(OC)cc2OC)c2ncns2)cc1F. The van der Waals surface area contributed by atoms with Crippen LogP contribution in [-0.2, 0) is 21.3 Å². The second-order valence-corrected chi connectivity index (χ2v) is 8.76. The smallest absolute Gasteiger partial charge is 0.340 e. The van der Waals surface area contributed by atoms with E-state index >= 15 is 0 Å². The molecule has 0 spiro atoms. The maximum atomic E-state index is 14.8. The van der Waals surface area contributed by atoms with Crippen molar-refractivity contribution in [2.24, 2.45) is 0 Å². The van der Waals surface area contributed by atoms with E-state index in [9.17, 15) is 22.0 Å². The maximum absolute atomic E-state index is 14.8. The van der Waals surface area contributed by atoms with E-state index < -0.39 is 38.1 Å². The number of hydrogen-bond acceptors (Lipinski definition) is 9. The topological polar surface area (TPSA) is 108 Å². The van der Waals surface area contributed by atoms with Gasteiger partial charge in [0.25, 0.3) is 10.0 Å². The predicted octanol–water partition coefficient (Wildman–Crippen LogP) is 3.02. The molecule has 0 aliphatic carbocycles. The maximum Gasteiger partial charge on any atom is 0.340 e. The molecule has 0 unspecified atom stereocenters. The van der Waals surface area contributed by atoms with Crippen LogP contribution in [0.15, 0.2) is 41.6 Å². The highest BCUT2D eigenvalue weighted by Crippen LogP contribution is 2.32. The van der Waals surface area contributed by atoms with E-state index in [1.165, 1.54) is 14.2 Å². The van der Waals surface area contributed by atoms with Crippen LogP contribution in [0.2, 0.25) is 0 Å². The van der Waals surface area contributed by atoms with Crippen molar-refractivity contribution in [2.45, 2.75) is 11.4 Å². The second kappa shape index (κ2) is 9.44. The van der Waals surface area contributed by atoms with Crippen LogP contribution in [0, 0.1) is 11.6 Å². The molecule has 0 saturated heterocycles. The van der Waals surface area contributed by atoms with Crippen molar-refractivity contribution in [3.05, 3.63) is 59.4 Å². The van der Waals surface area contributed by atoms with Crippen molar-refractivity contribution in [3.63, 3.8) is 0 Å². The van der Waals surface area contributed by atoms with Gasteiger partial charge >= 0.3 is 5.97 Å². The van der Waals surface area contributed by atoms with Crippen LogP contribution in [0.3, 0.4) is 0 Å². The summed E-state index contributed by atoms with van der Waals surface area (Å²) in [5.41, 5.74) is -0.331. The van der Waals surface area contributed by atoms with Gasteiger partial charge in [0.1, 0.15) is 34.4 Å². The molecule has 1 heterocycles. The number of anilines is 1. The van der Waals surface area contributed by atoms with E-state index in [2.05, 4.69) is 14.1 Å². The molecule has 32 heavy (non-hydrogen) atoms. The summed E-state index contributed by atoms with van der Waals surface area (Å²) in [6.07, 6.45) is 1.13. The number of sulfonamides is 1. The molecular formula is C19H17F2N3O6S2. The van der Waals surface area contributed by atoms with Gasteiger partial charge in [0.15, 0.2) is 0 Å². The quantitative estimate of drug-likeness (QED) is 0.448. The number of carbonyl (C=O) groups excluding carboxylic acids is 1. The third-order valence-corrected chi connectivity index (χ3v) is 6.92. The molecule has 0 N–H and O–H groups in total. The lowest BCUT2D eigenvalue weighted by atomic mass is 10.2. The first-order valence-corrected chi connectivity index (χ1v) is 11.0. The van der Waals surface area contributed by atoms with E-state index in [0.717, 1.165) is 29.3 Å². The van der Waals surface area contributed by atoms with Gasteiger partial charge in [-0.05, 0) is 24.3 Å². The van der Waals surface area contributed by atoms with Gasteiger partial charge in [-0.25, -0.2) is 31.3 Å². The first-order valence-electron chi connectivity index (χ1n) is 8.80. The van der Waals surface area contributed by atoms with Gasteiger partial charge in [0.05, 0.1) is 33.4 Å². The van der Waals surface area contributed by atoms with Crippen molar-refractivity contribution in [1.82, 2.24) is 9.36 Å². The Morgan fingerprint density at radius 2 is 1.84 bits per heavy atom. The van der Waals surface area contributed by atoms with Crippen molar-refractivity contribution in [3.8, 4) is 11.5 Å². The first-order chi connectivity index (χ1) is 15.2. The monoisotopic (exact) mass is 485 g/mol. The predicted molar refractivity (Wildman–Crippen MR) is 111 cm³/mol. The Labute approximate surface area is 186 Å². The standard InChI is InChI=1S/C19H17F2N3O6S2/c1-28-12-5-4-11(16(6-12)29-2)9-24(19-22-10-23-31-19)32(26,27)17-8-14(20)13(7-15(17)21)18(25)30-3/h4-8,10H,9H2,1-3H3. The van der Waals surface area contributed by atoms with Crippen LogP contribution < -0.4 is 13.8 Å². The highest BCUT2D eigenvalue weighted by atomic mass is 32.2. The van der Waals surface area contributed by atoms with E-state index in [-0.39, 0.29) is 11.7 Å². The molecule has 0 aliphatic rings. The molecule has 170 valence electrons. The number of carbonyl (C=O) groups is 1. The number of nitrogens with zero attached hydrogens (tertiary/aromatic N) is 3. The second-order valence-electron chi connectivity index (χ2n) is 6.17. The van der Waals surface area contributed by atoms with Crippen LogP contribution in [0.4, 0.5) is 13.9 Å². The van der Waals surface area contributed by atoms with Crippen molar-refractivity contribution in [1.29, 1.82) is 0 Å². The van der Waals surface area contributed by atoms with Crippen molar-refractivity contribution in [2.75, 3.05) is 25.6 Å². The summed E-state index contributed by atoms with van der Waals surface area (Å²) >= 11 is 0.744. The minimum absolute atomic E-state index is 0.0836. The van der Waals surface area contributed by atoms with Crippen LogP contribution in [-0.4, -0.2) is 45.1 Å². The summed E-state index contributed by atoms with van der Waals surface area (Å²) in [5, 5.41) is -0.0836. The van der Waals surface area contributed by atoms with Gasteiger partial charge < -0.3 is 14.2 Å². The van der Waals surface area contributed by atoms with Crippen molar-refractivity contribution < 1.29 is 36.2 Å². The summed E-state index contributed by atoms with van der Waals surface area (Å²) in [4.78, 5) is 14.5. The molecule has 9 nitrogen and oxygen atoms in total. The van der Waals surface area contributed by atoms with Gasteiger partial charge in [0, 0.05) is 23.2 Å². The Morgan fingerprint density at radius 1 is 1.09 bits per heavy atom. The summed E-state index contributed by atoms with van der Waals surface area (Å²) in [5.74, 6) is -2.95. The minimum atomic E-state index is -4.68. The van der Waals surface area contributed by atoms with Gasteiger partial charge in [-0.1, -0.05) is 0 Å². The molecule has 0 aliphatic heterocycles. The Balaban J connectivity index is 2.11. The Kier molecular flexibility index (Phi) is 6.89. The van der Waals surface area contributed by atoms with Crippen LogP contribution in [0.1, 0.15) is 15.9 Å². The fourth-order valence-corrected chi connectivity index (χ4v) is 4.97. The van der Waals surface area contributed by atoms with Gasteiger partial charge in [-0.3, -0.25) is 0 Å². The lowest BCUT2D eigenvalue weighted by Crippen LogP contribution is -2.31. The average Bonchev–Trinajstić information content (AvgIpc) is 3.32. The summed E-state index contributed by atoms with van der Waals surface area (Å²) < 4.78 is 75.3. The number of rotatable bonds is 8. The third-order valence-electron chi connectivity index (χ3n) is 4.37. The fraction of sp³-hybridized carbons (Fsp3) is 0.211. The number of hydrogen-bond donors (Lipinski definition) is 0. The van der Waals surface area contributed by atoms with Crippen molar-refractivity contribution >= 4 is 32.7 Å². The zero-order valence-electron chi connectivity index (χ0n) is 17.0. The Morgan fingerprint density at radius 3 is 2.44 bits per heavy atom. The summed E-state index contributed by atoms with van der Waals surface area (Å²) in [6.45, 7) is -0.329. The molecule has 2 aromatic carbocycles. The first kappa shape index (κ1) is 23.3. The van der Waals surface area contributed by atoms with Gasteiger partial charge in [0.2, 0.25) is 5.13 Å². The zero-order valence-corrected chi connectivity index (χ0v) is 18.7. The molecule has 0 amide bonds. The molecule has 0 radical (unpaired) electrons. The molecule has 3 aromatic rings. The number of aromatic nitrogens is 2. The van der Waals surface area contributed by atoms with Crippen LogP contribution in [0.25, 0.3) is 0 Å². The normalized spacial score (nSPS) is 11.2. The number of esters is 1. The molecule has 0 fully saturated rings. The molecule has 0 atom stereocenters. The number of ether oxygens (including phenoxy) is 3. The summed E-state index contributed by atoms with van der Waals surface area (Å²) in [6, 6.07) is 5.61. The lowest BCUT2D eigenvalue weighted by Gasteiger charge is -2.23. The molecular weight excluding hydrogens is 468 g/mol. The Hall–Kier alpha value is -3.32. The number of methoxy groups -OCH3 is 3. The number of halogens is 2. The third kappa shape index (κ3) is 4.48. The lowest BCUT2D eigenvalue weighted by molar-refractivity contribution is 0.0594. The molecule has 1 aromatic heterocycles. The highest BCUT2D eigenvalue weighted by molar-refractivity contribution is 7.93. The van der Waals surface area contributed by atoms with E-state index in [0.29, 0.717) is 29.2 Å². The van der Waals surface area contributed by atoms with Crippen LogP contribution >= 0.6 is 11.5 Å². The fourth-order valence-electron chi connectivity index (χ4n) is 2.78.